The van der Waals surface area contributed by atoms with Gasteiger partial charge in [0, 0.05) is 36.7 Å². The van der Waals surface area contributed by atoms with Crippen molar-refractivity contribution in [3.05, 3.63) is 113 Å². The third-order valence-electron chi connectivity index (χ3n) is 9.06. The molecule has 1 amide bonds. The number of amides is 1. The first-order valence-electron chi connectivity index (χ1n) is 18.3. The van der Waals surface area contributed by atoms with Crippen molar-refractivity contribution >= 4 is 29.0 Å². The highest BCUT2D eigenvalue weighted by atomic mass is 16.7. The second-order valence-corrected chi connectivity index (χ2v) is 14.5. The average molecular weight is 721 g/mol. The summed E-state index contributed by atoms with van der Waals surface area (Å²) in [5, 5.41) is 4.12. The number of para-hydroxylation sites is 1. The van der Waals surface area contributed by atoms with Crippen LogP contribution in [-0.4, -0.2) is 50.6 Å². The zero-order valence-electron chi connectivity index (χ0n) is 31.1. The molecule has 1 unspecified atom stereocenters. The zero-order valence-corrected chi connectivity index (χ0v) is 31.1. The molecular weight excluding hydrogens is 672 g/mol. The quantitative estimate of drug-likeness (QED) is 0.121. The molecule has 0 spiro atoms. The molecule has 1 N–H and O–H groups in total. The standard InChI is InChI=1S/C42H48N4O7/c1-6-7-9-18-38-44-32(25-46(38)41(49)53-42(3,4)5)23-34(30-19-20-36-37(22-30)52-27-51-36)39(47)43-28(2)21-31-24-45(35-17-13-12-16-33(31)35)40(48)50-26-29-14-10-8-11-15-29/h8,10-17,19-20,22,24-25,28,34H,6-7,9,18,21,23,26-27H2,1-5H3,(H,43,47)/t28-,34?/m1/s1. The van der Waals surface area contributed by atoms with Gasteiger partial charge in [-0.1, -0.05) is 74.4 Å². The van der Waals surface area contributed by atoms with E-state index in [0.717, 1.165) is 46.9 Å². The first kappa shape index (κ1) is 37.2. The van der Waals surface area contributed by atoms with E-state index in [9.17, 15) is 14.4 Å². The van der Waals surface area contributed by atoms with E-state index in [1.165, 1.54) is 9.13 Å². The molecule has 3 heterocycles. The smallest absolute Gasteiger partial charge is 0.419 e. The highest BCUT2D eigenvalue weighted by Gasteiger charge is 2.29. The summed E-state index contributed by atoms with van der Waals surface area (Å²) in [6, 6.07) is 22.4. The van der Waals surface area contributed by atoms with Crippen molar-refractivity contribution in [2.75, 3.05) is 6.79 Å². The van der Waals surface area contributed by atoms with Gasteiger partial charge in [-0.25, -0.2) is 19.1 Å². The Bertz CT molecular complexity index is 2060. The van der Waals surface area contributed by atoms with Gasteiger partial charge in [-0.05, 0) is 75.4 Å². The molecule has 0 saturated heterocycles. The predicted molar refractivity (Wildman–Crippen MR) is 201 cm³/mol. The van der Waals surface area contributed by atoms with Crippen LogP contribution in [0.3, 0.4) is 0 Å². The minimum absolute atomic E-state index is 0.113. The summed E-state index contributed by atoms with van der Waals surface area (Å²) in [5.74, 6) is 0.931. The van der Waals surface area contributed by atoms with Crippen LogP contribution in [0.15, 0.2) is 85.2 Å². The highest BCUT2D eigenvalue weighted by Crippen LogP contribution is 2.36. The number of nitrogens with zero attached hydrogens (tertiary/aromatic N) is 3. The molecule has 5 aromatic rings. The summed E-state index contributed by atoms with van der Waals surface area (Å²) in [6.45, 7) is 9.83. The Morgan fingerprint density at radius 2 is 1.64 bits per heavy atom. The summed E-state index contributed by atoms with van der Waals surface area (Å²) in [7, 11) is 0. The number of carbonyl (C=O) groups is 3. The van der Waals surface area contributed by atoms with Gasteiger partial charge in [-0.2, -0.15) is 0 Å². The Balaban J connectivity index is 1.23. The molecule has 6 rings (SSSR count). The number of imidazole rings is 1. The lowest BCUT2D eigenvalue weighted by atomic mass is 9.92. The van der Waals surface area contributed by atoms with Gasteiger partial charge < -0.3 is 24.3 Å². The van der Waals surface area contributed by atoms with Crippen LogP contribution in [0, 0.1) is 0 Å². The molecule has 11 heteroatoms. The minimum atomic E-state index is -0.679. The van der Waals surface area contributed by atoms with Crippen LogP contribution in [0.5, 0.6) is 11.5 Å². The number of ether oxygens (including phenoxy) is 4. The summed E-state index contributed by atoms with van der Waals surface area (Å²) >= 11 is 0. The third kappa shape index (κ3) is 9.27. The Kier molecular flexibility index (Phi) is 11.5. The maximum Gasteiger partial charge on any atom is 0.419 e. The van der Waals surface area contributed by atoms with Crippen molar-refractivity contribution < 1.29 is 33.3 Å². The van der Waals surface area contributed by atoms with Gasteiger partial charge in [-0.15, -0.1) is 0 Å². The summed E-state index contributed by atoms with van der Waals surface area (Å²) in [4.78, 5) is 45.6. The van der Waals surface area contributed by atoms with Gasteiger partial charge in [0.15, 0.2) is 11.5 Å². The van der Waals surface area contributed by atoms with Crippen LogP contribution in [0.4, 0.5) is 9.59 Å². The fourth-order valence-electron chi connectivity index (χ4n) is 6.53. The number of unbranched alkanes of at least 4 members (excludes halogenated alkanes) is 2. The first-order valence-corrected chi connectivity index (χ1v) is 18.3. The van der Waals surface area contributed by atoms with Gasteiger partial charge in [0.1, 0.15) is 18.0 Å². The van der Waals surface area contributed by atoms with Crippen LogP contribution in [0.2, 0.25) is 0 Å². The van der Waals surface area contributed by atoms with E-state index < -0.39 is 23.7 Å². The van der Waals surface area contributed by atoms with Crippen molar-refractivity contribution in [2.45, 2.75) is 97.3 Å². The fourth-order valence-corrected chi connectivity index (χ4v) is 6.53. The van der Waals surface area contributed by atoms with Crippen molar-refractivity contribution in [1.29, 1.82) is 0 Å². The van der Waals surface area contributed by atoms with E-state index in [2.05, 4.69) is 12.2 Å². The van der Waals surface area contributed by atoms with Crippen molar-refractivity contribution in [3.8, 4) is 11.5 Å². The molecule has 1 aliphatic heterocycles. The highest BCUT2D eigenvalue weighted by molar-refractivity contribution is 5.92. The third-order valence-corrected chi connectivity index (χ3v) is 9.06. The number of aromatic nitrogens is 3. The molecule has 2 atom stereocenters. The molecule has 2 aromatic heterocycles. The van der Waals surface area contributed by atoms with Crippen LogP contribution >= 0.6 is 0 Å². The number of hydrogen-bond donors (Lipinski definition) is 1. The summed E-state index contributed by atoms with van der Waals surface area (Å²) < 4.78 is 25.6. The summed E-state index contributed by atoms with van der Waals surface area (Å²) in [5.41, 5.74) is 3.18. The van der Waals surface area contributed by atoms with Gasteiger partial charge >= 0.3 is 12.2 Å². The molecule has 1 aliphatic rings. The number of carbonyl (C=O) groups excluding carboxylic acids is 3. The SMILES string of the molecule is CCCCCc1nc(CC(C(=O)N[C@H](C)Cc2cn(C(=O)OCc3ccccc3)c3ccccc23)c2ccc3c(c2)OCO3)cn1C(=O)OC(C)(C)C. The van der Waals surface area contributed by atoms with E-state index in [4.69, 9.17) is 23.9 Å². The maximum absolute atomic E-state index is 14.3. The minimum Gasteiger partial charge on any atom is -0.454 e. The molecule has 0 aliphatic carbocycles. The Morgan fingerprint density at radius 1 is 0.887 bits per heavy atom. The second-order valence-electron chi connectivity index (χ2n) is 14.5. The van der Waals surface area contributed by atoms with E-state index in [1.807, 2.05) is 100 Å². The largest absolute Gasteiger partial charge is 0.454 e. The zero-order chi connectivity index (χ0) is 37.5. The lowest BCUT2D eigenvalue weighted by molar-refractivity contribution is -0.123. The molecule has 3 aromatic carbocycles. The first-order chi connectivity index (χ1) is 25.5. The normalized spacial score (nSPS) is 13.5. The van der Waals surface area contributed by atoms with Crippen LogP contribution in [0.25, 0.3) is 10.9 Å². The van der Waals surface area contributed by atoms with Crippen LogP contribution in [0.1, 0.15) is 88.0 Å². The number of fused-ring (bicyclic) bond motifs is 2. The maximum atomic E-state index is 14.3. The van der Waals surface area contributed by atoms with E-state index in [0.29, 0.717) is 35.9 Å². The monoisotopic (exact) mass is 720 g/mol. The topological polar surface area (TPSA) is 123 Å². The molecular formula is C42H48N4O7. The number of benzene rings is 3. The van der Waals surface area contributed by atoms with E-state index >= 15 is 0 Å². The molecule has 0 radical (unpaired) electrons. The van der Waals surface area contributed by atoms with Gasteiger partial charge in [-0.3, -0.25) is 9.36 Å². The number of nitrogens with one attached hydrogen (secondary N) is 1. The van der Waals surface area contributed by atoms with E-state index in [1.54, 1.807) is 12.4 Å². The molecule has 53 heavy (non-hydrogen) atoms. The van der Waals surface area contributed by atoms with Crippen molar-refractivity contribution in [2.24, 2.45) is 0 Å². The molecule has 0 fully saturated rings. The average Bonchev–Trinajstić information content (AvgIpc) is 3.86. The van der Waals surface area contributed by atoms with E-state index in [-0.39, 0.29) is 31.8 Å². The lowest BCUT2D eigenvalue weighted by Crippen LogP contribution is -2.38. The van der Waals surface area contributed by atoms with Crippen LogP contribution in [-0.2, 0) is 40.1 Å². The Morgan fingerprint density at radius 3 is 2.42 bits per heavy atom. The van der Waals surface area contributed by atoms with Gasteiger partial charge in [0.05, 0.1) is 17.1 Å². The van der Waals surface area contributed by atoms with Crippen LogP contribution < -0.4 is 14.8 Å². The molecule has 278 valence electrons. The summed E-state index contributed by atoms with van der Waals surface area (Å²) in [6.07, 6.45) is 6.73. The van der Waals surface area contributed by atoms with Gasteiger partial charge in [0.25, 0.3) is 0 Å². The number of aryl methyl sites for hydroxylation is 1. The van der Waals surface area contributed by atoms with Crippen molar-refractivity contribution in [3.63, 3.8) is 0 Å². The van der Waals surface area contributed by atoms with Crippen molar-refractivity contribution in [1.82, 2.24) is 19.4 Å². The molecule has 0 bridgehead atoms. The number of rotatable bonds is 13. The Hall–Kier alpha value is -5.58. The lowest BCUT2D eigenvalue weighted by Gasteiger charge is -2.21. The Labute approximate surface area is 310 Å². The fraction of sp³-hybridized carbons (Fsp3) is 0.381. The molecule has 0 saturated carbocycles. The van der Waals surface area contributed by atoms with Gasteiger partial charge in [0.2, 0.25) is 12.7 Å². The molecule has 11 nitrogen and oxygen atoms in total. The number of hydrogen-bond acceptors (Lipinski definition) is 8. The second kappa shape index (κ2) is 16.4. The predicted octanol–water partition coefficient (Wildman–Crippen LogP) is 8.34.